The third kappa shape index (κ3) is 3.99. The smallest absolute Gasteiger partial charge is 0.228 e. The maximum atomic E-state index is 5.25. The van der Waals surface area contributed by atoms with Crippen LogP contribution in [0.5, 0.6) is 0 Å². The summed E-state index contributed by atoms with van der Waals surface area (Å²) in [5.41, 5.74) is 2.54. The molecule has 2 N–H and O–H groups in total. The molecule has 0 radical (unpaired) electrons. The largest absolute Gasteiger partial charge is 0.383 e. The van der Waals surface area contributed by atoms with E-state index in [0.717, 1.165) is 29.8 Å². The van der Waals surface area contributed by atoms with E-state index in [2.05, 4.69) is 44.4 Å². The quantitative estimate of drug-likeness (QED) is 0.640. The number of rotatable bonds is 6. The molecular weight excluding hydrogens is 370 g/mol. The van der Waals surface area contributed by atoms with Gasteiger partial charge in [0, 0.05) is 38.5 Å². The minimum atomic E-state index is 0.291. The lowest BCUT2D eigenvalue weighted by Crippen LogP contribution is -2.55. The van der Waals surface area contributed by atoms with Crippen molar-refractivity contribution in [3.63, 3.8) is 0 Å². The molecule has 1 aliphatic heterocycles. The lowest BCUT2D eigenvalue weighted by atomic mass is 10.1. The van der Waals surface area contributed by atoms with Crippen molar-refractivity contribution in [3.8, 4) is 0 Å². The molecule has 1 saturated heterocycles. The average molecular weight is 397 g/mol. The van der Waals surface area contributed by atoms with Crippen LogP contribution >= 0.6 is 0 Å². The predicted molar refractivity (Wildman–Crippen MR) is 112 cm³/mol. The normalized spacial score (nSPS) is 19.7. The molecule has 154 valence electrons. The number of hydrogen-bond donors (Lipinski definition) is 2. The van der Waals surface area contributed by atoms with Gasteiger partial charge in [0.25, 0.3) is 0 Å². The van der Waals surface area contributed by atoms with Gasteiger partial charge in [-0.25, -0.2) is 15.0 Å². The maximum absolute atomic E-state index is 5.25. The number of nitrogens with one attached hydrogen (secondary N) is 2. The summed E-state index contributed by atoms with van der Waals surface area (Å²) >= 11 is 0. The Balaban J connectivity index is 1.83. The Morgan fingerprint density at radius 3 is 2.93 bits per heavy atom. The van der Waals surface area contributed by atoms with Crippen molar-refractivity contribution in [2.24, 2.45) is 0 Å². The number of fused-ring (bicyclic) bond motifs is 1. The highest BCUT2D eigenvalue weighted by atomic mass is 16.5. The van der Waals surface area contributed by atoms with Gasteiger partial charge in [-0.2, -0.15) is 10.1 Å². The van der Waals surface area contributed by atoms with Crippen LogP contribution in [0.25, 0.3) is 11.0 Å². The monoisotopic (exact) mass is 397 g/mol. The number of piperazine rings is 1. The fraction of sp³-hybridized carbons (Fsp3) is 0.526. The van der Waals surface area contributed by atoms with Crippen LogP contribution in [0.2, 0.25) is 0 Å². The summed E-state index contributed by atoms with van der Waals surface area (Å²) in [5.74, 6) is 2.05. The minimum absolute atomic E-state index is 0.291. The first-order chi connectivity index (χ1) is 14.1. The Morgan fingerprint density at radius 1 is 1.31 bits per heavy atom. The SMILES string of the molecule is COCCn1nc(C)c2nc(N3C[C@@H](C)NC[C@@H]3C)nc(Nc3ccncn3)c21. The van der Waals surface area contributed by atoms with Crippen molar-refractivity contribution in [3.05, 3.63) is 24.3 Å². The zero-order chi connectivity index (χ0) is 20.4. The first kappa shape index (κ1) is 19.5. The maximum Gasteiger partial charge on any atom is 0.228 e. The minimum Gasteiger partial charge on any atom is -0.383 e. The molecule has 0 bridgehead atoms. The molecule has 10 nitrogen and oxygen atoms in total. The van der Waals surface area contributed by atoms with Gasteiger partial charge in [-0.05, 0) is 26.8 Å². The highest BCUT2D eigenvalue weighted by molar-refractivity contribution is 5.90. The van der Waals surface area contributed by atoms with Crippen LogP contribution in [-0.2, 0) is 11.3 Å². The van der Waals surface area contributed by atoms with Crippen molar-refractivity contribution < 1.29 is 4.74 Å². The Hall–Kier alpha value is -2.85. The molecule has 10 heteroatoms. The van der Waals surface area contributed by atoms with Gasteiger partial charge in [-0.3, -0.25) is 4.68 Å². The van der Waals surface area contributed by atoms with Gasteiger partial charge in [0.2, 0.25) is 5.95 Å². The van der Waals surface area contributed by atoms with Crippen molar-refractivity contribution in [1.29, 1.82) is 0 Å². The van der Waals surface area contributed by atoms with Crippen molar-refractivity contribution in [1.82, 2.24) is 35.0 Å². The summed E-state index contributed by atoms with van der Waals surface area (Å²) in [7, 11) is 1.68. The van der Waals surface area contributed by atoms with Gasteiger partial charge in [-0.15, -0.1) is 0 Å². The van der Waals surface area contributed by atoms with Crippen LogP contribution in [0.3, 0.4) is 0 Å². The predicted octanol–water partition coefficient (Wildman–Crippen LogP) is 1.50. The van der Waals surface area contributed by atoms with E-state index in [0.29, 0.717) is 42.8 Å². The first-order valence-electron chi connectivity index (χ1n) is 9.84. The summed E-state index contributed by atoms with van der Waals surface area (Å²) in [5, 5.41) is 11.5. The second-order valence-corrected chi connectivity index (χ2v) is 7.40. The zero-order valence-electron chi connectivity index (χ0n) is 17.3. The molecule has 4 heterocycles. The van der Waals surface area contributed by atoms with Gasteiger partial charge in [0.15, 0.2) is 5.82 Å². The van der Waals surface area contributed by atoms with Crippen molar-refractivity contribution in [2.75, 3.05) is 37.0 Å². The number of methoxy groups -OCH3 is 1. The number of nitrogens with zero attached hydrogens (tertiary/aromatic N) is 7. The third-order valence-electron chi connectivity index (χ3n) is 5.10. The Kier molecular flexibility index (Phi) is 5.54. The molecule has 1 fully saturated rings. The summed E-state index contributed by atoms with van der Waals surface area (Å²) in [4.78, 5) is 20.3. The van der Waals surface area contributed by atoms with Crippen LogP contribution in [0.15, 0.2) is 18.6 Å². The van der Waals surface area contributed by atoms with Crippen LogP contribution in [-0.4, -0.2) is 68.6 Å². The van der Waals surface area contributed by atoms with E-state index >= 15 is 0 Å². The molecule has 0 aromatic carbocycles. The Morgan fingerprint density at radius 2 is 2.17 bits per heavy atom. The first-order valence-corrected chi connectivity index (χ1v) is 9.84. The third-order valence-corrected chi connectivity index (χ3v) is 5.10. The van der Waals surface area contributed by atoms with E-state index in [9.17, 15) is 0 Å². The van der Waals surface area contributed by atoms with E-state index in [1.165, 1.54) is 6.33 Å². The number of hydrogen-bond acceptors (Lipinski definition) is 9. The van der Waals surface area contributed by atoms with E-state index in [1.807, 2.05) is 17.7 Å². The Labute approximate surface area is 169 Å². The number of aromatic nitrogens is 6. The van der Waals surface area contributed by atoms with Gasteiger partial charge in [0.1, 0.15) is 23.2 Å². The number of ether oxygens (including phenoxy) is 1. The van der Waals surface area contributed by atoms with E-state index in [1.54, 1.807) is 13.3 Å². The molecule has 4 rings (SSSR count). The van der Waals surface area contributed by atoms with Crippen LogP contribution in [0.4, 0.5) is 17.6 Å². The van der Waals surface area contributed by atoms with E-state index in [4.69, 9.17) is 14.7 Å². The summed E-state index contributed by atoms with van der Waals surface area (Å²) < 4.78 is 7.14. The number of anilines is 3. The van der Waals surface area contributed by atoms with Crippen molar-refractivity contribution in [2.45, 2.75) is 39.4 Å². The van der Waals surface area contributed by atoms with Gasteiger partial charge in [-0.1, -0.05) is 0 Å². The van der Waals surface area contributed by atoms with Crippen LogP contribution in [0, 0.1) is 6.92 Å². The standard InChI is InChI=1S/C19H27N9O/c1-12-10-27(13(2)9-21-12)19-24-16-14(3)26-28(7-8-29-4)17(16)18(25-19)23-15-5-6-20-11-22-15/h5-6,11-13,21H,7-10H2,1-4H3,(H,20,22,23,24,25)/t12-,13+/m1/s1. The fourth-order valence-corrected chi connectivity index (χ4v) is 3.56. The molecular formula is C19H27N9O. The molecule has 3 aromatic rings. The lowest BCUT2D eigenvalue weighted by molar-refractivity contribution is 0.185. The molecule has 0 saturated carbocycles. The fourth-order valence-electron chi connectivity index (χ4n) is 3.56. The van der Waals surface area contributed by atoms with Gasteiger partial charge >= 0.3 is 0 Å². The molecule has 0 unspecified atom stereocenters. The topological polar surface area (TPSA) is 106 Å². The molecule has 1 aliphatic rings. The molecule has 2 atom stereocenters. The van der Waals surface area contributed by atoms with Gasteiger partial charge < -0.3 is 20.3 Å². The number of aryl methyl sites for hydroxylation is 1. The second kappa shape index (κ2) is 8.26. The van der Waals surface area contributed by atoms with Crippen molar-refractivity contribution >= 4 is 28.6 Å². The Bertz CT molecular complexity index is 975. The van der Waals surface area contributed by atoms with Crippen LogP contribution in [0.1, 0.15) is 19.5 Å². The average Bonchev–Trinajstić information content (AvgIpc) is 3.05. The van der Waals surface area contributed by atoms with E-state index < -0.39 is 0 Å². The summed E-state index contributed by atoms with van der Waals surface area (Å²) in [6.07, 6.45) is 3.21. The highest BCUT2D eigenvalue weighted by Gasteiger charge is 2.27. The summed E-state index contributed by atoms with van der Waals surface area (Å²) in [6, 6.07) is 2.47. The molecule has 3 aromatic heterocycles. The molecule has 0 aliphatic carbocycles. The summed E-state index contributed by atoms with van der Waals surface area (Å²) in [6.45, 7) is 9.23. The highest BCUT2D eigenvalue weighted by Crippen LogP contribution is 2.29. The zero-order valence-corrected chi connectivity index (χ0v) is 17.3. The van der Waals surface area contributed by atoms with Crippen LogP contribution < -0.4 is 15.5 Å². The molecule has 0 spiro atoms. The molecule has 29 heavy (non-hydrogen) atoms. The van der Waals surface area contributed by atoms with E-state index in [-0.39, 0.29) is 0 Å². The second-order valence-electron chi connectivity index (χ2n) is 7.40. The van der Waals surface area contributed by atoms with Gasteiger partial charge in [0.05, 0.1) is 18.8 Å². The lowest BCUT2D eigenvalue weighted by Gasteiger charge is -2.37. The molecule has 0 amide bonds.